The first kappa shape index (κ1) is 18.9. The van der Waals surface area contributed by atoms with Crippen LogP contribution in [0.3, 0.4) is 0 Å². The van der Waals surface area contributed by atoms with Crippen molar-refractivity contribution in [1.29, 1.82) is 0 Å². The number of piperidine rings is 1. The van der Waals surface area contributed by atoms with Crippen molar-refractivity contribution in [2.75, 3.05) is 23.3 Å². The fourth-order valence-corrected chi connectivity index (χ4v) is 5.03. The summed E-state index contributed by atoms with van der Waals surface area (Å²) in [5, 5.41) is 5.17. The number of nitrogens with one attached hydrogen (secondary N) is 1. The van der Waals surface area contributed by atoms with E-state index in [0.717, 1.165) is 29.0 Å². The van der Waals surface area contributed by atoms with E-state index in [1.54, 1.807) is 11.3 Å². The third-order valence-corrected chi connectivity index (χ3v) is 6.64. The highest BCUT2D eigenvalue weighted by atomic mass is 32.1. The number of rotatable bonds is 5. The fraction of sp³-hybridized carbons (Fsp3) is 0.240. The minimum atomic E-state index is -0.0694. The van der Waals surface area contributed by atoms with Crippen LogP contribution in [-0.2, 0) is 6.54 Å². The first-order chi connectivity index (χ1) is 14.8. The number of aromatic nitrogens is 1. The lowest BCUT2D eigenvalue weighted by molar-refractivity contribution is 0.101. The van der Waals surface area contributed by atoms with Gasteiger partial charge in [0.15, 0.2) is 0 Å². The summed E-state index contributed by atoms with van der Waals surface area (Å²) in [4.78, 5) is 15.6. The molecule has 1 amide bonds. The summed E-state index contributed by atoms with van der Waals surface area (Å²) >= 11 is 1.67. The van der Waals surface area contributed by atoms with Crippen molar-refractivity contribution in [3.63, 3.8) is 0 Å². The maximum absolute atomic E-state index is 13.1. The van der Waals surface area contributed by atoms with Gasteiger partial charge in [-0.15, -0.1) is 11.3 Å². The Labute approximate surface area is 180 Å². The largest absolute Gasteiger partial charge is 0.372 e. The van der Waals surface area contributed by atoms with Gasteiger partial charge in [-0.3, -0.25) is 4.79 Å². The van der Waals surface area contributed by atoms with Gasteiger partial charge in [0.25, 0.3) is 5.91 Å². The summed E-state index contributed by atoms with van der Waals surface area (Å²) in [7, 11) is 0. The Morgan fingerprint density at radius 2 is 1.70 bits per heavy atom. The molecule has 1 aliphatic rings. The van der Waals surface area contributed by atoms with Gasteiger partial charge in [-0.25, -0.2) is 0 Å². The molecule has 5 rings (SSSR count). The van der Waals surface area contributed by atoms with Crippen molar-refractivity contribution in [3.05, 3.63) is 83.4 Å². The molecule has 0 unspecified atom stereocenters. The number of amides is 1. The summed E-state index contributed by atoms with van der Waals surface area (Å²) in [6.45, 7) is 2.92. The molecule has 30 heavy (non-hydrogen) atoms. The Bertz CT molecular complexity index is 1140. The minimum absolute atomic E-state index is 0.0694. The number of fused-ring (bicyclic) bond motifs is 1. The average molecular weight is 416 g/mol. The van der Waals surface area contributed by atoms with E-state index in [1.165, 1.54) is 30.5 Å². The molecular weight excluding hydrogens is 390 g/mol. The topological polar surface area (TPSA) is 37.3 Å². The van der Waals surface area contributed by atoms with E-state index in [1.807, 2.05) is 36.4 Å². The number of hydrogen-bond acceptors (Lipinski definition) is 3. The SMILES string of the molecule is O=C(Nc1ccc(N2CCCCC2)cc1)c1cc2sccc2n1Cc1ccccc1. The normalized spacial score (nSPS) is 14.2. The predicted molar refractivity (Wildman–Crippen MR) is 126 cm³/mol. The molecule has 0 radical (unpaired) electrons. The summed E-state index contributed by atoms with van der Waals surface area (Å²) in [5.41, 5.74) is 5.05. The van der Waals surface area contributed by atoms with Gasteiger partial charge in [-0.2, -0.15) is 0 Å². The molecule has 0 atom stereocenters. The molecule has 5 heteroatoms. The zero-order valence-corrected chi connectivity index (χ0v) is 17.7. The van der Waals surface area contributed by atoms with Crippen LogP contribution in [0.2, 0.25) is 0 Å². The molecule has 2 aromatic heterocycles. The monoisotopic (exact) mass is 415 g/mol. The lowest BCUT2D eigenvalue weighted by Crippen LogP contribution is -2.29. The molecule has 1 aliphatic heterocycles. The highest BCUT2D eigenvalue weighted by molar-refractivity contribution is 7.17. The van der Waals surface area contributed by atoms with Crippen LogP contribution in [0.15, 0.2) is 72.1 Å². The second-order valence-corrected chi connectivity index (χ2v) is 8.77. The van der Waals surface area contributed by atoms with Crippen LogP contribution in [0.25, 0.3) is 10.2 Å². The van der Waals surface area contributed by atoms with Crippen molar-refractivity contribution in [2.24, 2.45) is 0 Å². The van der Waals surface area contributed by atoms with Crippen molar-refractivity contribution >= 4 is 38.8 Å². The molecule has 0 bridgehead atoms. The number of benzene rings is 2. The molecule has 1 N–H and O–H groups in total. The van der Waals surface area contributed by atoms with Gasteiger partial charge in [-0.1, -0.05) is 30.3 Å². The van der Waals surface area contributed by atoms with Crippen LogP contribution in [0, 0.1) is 0 Å². The van der Waals surface area contributed by atoms with Crippen molar-refractivity contribution in [3.8, 4) is 0 Å². The first-order valence-electron chi connectivity index (χ1n) is 10.5. The molecule has 0 saturated carbocycles. The number of anilines is 2. The van der Waals surface area contributed by atoms with Gasteiger partial charge >= 0.3 is 0 Å². The summed E-state index contributed by atoms with van der Waals surface area (Å²) < 4.78 is 3.25. The third kappa shape index (κ3) is 3.85. The molecule has 3 heterocycles. The number of nitrogens with zero attached hydrogens (tertiary/aromatic N) is 2. The van der Waals surface area contributed by atoms with Crippen LogP contribution in [-0.4, -0.2) is 23.6 Å². The molecule has 0 aliphatic carbocycles. The zero-order chi connectivity index (χ0) is 20.3. The Hall–Kier alpha value is -3.05. The van der Waals surface area contributed by atoms with Crippen LogP contribution < -0.4 is 10.2 Å². The van der Waals surface area contributed by atoms with E-state index in [0.29, 0.717) is 12.2 Å². The molecule has 4 aromatic rings. The Morgan fingerprint density at radius 1 is 0.933 bits per heavy atom. The smallest absolute Gasteiger partial charge is 0.272 e. The van der Waals surface area contributed by atoms with Crippen LogP contribution >= 0.6 is 11.3 Å². The van der Waals surface area contributed by atoms with Gasteiger partial charge in [-0.05, 0) is 66.6 Å². The second kappa shape index (κ2) is 8.36. The van der Waals surface area contributed by atoms with Crippen molar-refractivity contribution in [1.82, 2.24) is 4.57 Å². The maximum Gasteiger partial charge on any atom is 0.272 e. The summed E-state index contributed by atoms with van der Waals surface area (Å²) in [6, 6.07) is 22.6. The number of carbonyl (C=O) groups excluding carboxylic acids is 1. The molecule has 152 valence electrons. The van der Waals surface area contributed by atoms with E-state index in [2.05, 4.69) is 50.5 Å². The lowest BCUT2D eigenvalue weighted by Gasteiger charge is -2.28. The predicted octanol–water partition coefficient (Wildman–Crippen LogP) is 5.99. The Kier molecular flexibility index (Phi) is 5.28. The molecule has 0 spiro atoms. The van der Waals surface area contributed by atoms with E-state index in [4.69, 9.17) is 0 Å². The van der Waals surface area contributed by atoms with Gasteiger partial charge in [0.05, 0.1) is 10.2 Å². The van der Waals surface area contributed by atoms with Gasteiger partial charge in [0.1, 0.15) is 5.69 Å². The zero-order valence-electron chi connectivity index (χ0n) is 16.9. The fourth-order valence-electron chi connectivity index (χ4n) is 4.20. The molecular formula is C25H25N3OS. The summed E-state index contributed by atoms with van der Waals surface area (Å²) in [6.07, 6.45) is 3.84. The summed E-state index contributed by atoms with van der Waals surface area (Å²) in [5.74, 6) is -0.0694. The van der Waals surface area contributed by atoms with E-state index < -0.39 is 0 Å². The Morgan fingerprint density at radius 3 is 2.47 bits per heavy atom. The van der Waals surface area contributed by atoms with Crippen molar-refractivity contribution in [2.45, 2.75) is 25.8 Å². The number of thiophene rings is 1. The Balaban J connectivity index is 1.37. The third-order valence-electron chi connectivity index (χ3n) is 5.79. The van der Waals surface area contributed by atoms with E-state index >= 15 is 0 Å². The standard InChI is InChI=1S/C25H25N3OS/c29-25(26-20-9-11-21(12-10-20)27-14-5-2-6-15-27)23-17-24-22(13-16-30-24)28(23)18-19-7-3-1-4-8-19/h1,3-4,7-13,16-17H,2,5-6,14-15,18H2,(H,26,29). The highest BCUT2D eigenvalue weighted by Crippen LogP contribution is 2.27. The van der Waals surface area contributed by atoms with Crippen LogP contribution in [0.5, 0.6) is 0 Å². The number of hydrogen-bond donors (Lipinski definition) is 1. The van der Waals surface area contributed by atoms with E-state index in [9.17, 15) is 4.79 Å². The lowest BCUT2D eigenvalue weighted by atomic mass is 10.1. The van der Waals surface area contributed by atoms with Crippen molar-refractivity contribution < 1.29 is 4.79 Å². The van der Waals surface area contributed by atoms with Crippen LogP contribution in [0.1, 0.15) is 35.3 Å². The van der Waals surface area contributed by atoms with Gasteiger partial charge in [0, 0.05) is 31.0 Å². The van der Waals surface area contributed by atoms with Crippen LogP contribution in [0.4, 0.5) is 11.4 Å². The van der Waals surface area contributed by atoms with E-state index in [-0.39, 0.29) is 5.91 Å². The molecule has 1 saturated heterocycles. The quantitative estimate of drug-likeness (QED) is 0.434. The number of carbonyl (C=O) groups is 1. The first-order valence-corrected chi connectivity index (χ1v) is 11.4. The molecule has 4 nitrogen and oxygen atoms in total. The molecule has 1 fully saturated rings. The average Bonchev–Trinajstić information content (AvgIpc) is 3.38. The van der Waals surface area contributed by atoms with Gasteiger partial charge < -0.3 is 14.8 Å². The minimum Gasteiger partial charge on any atom is -0.372 e. The maximum atomic E-state index is 13.1. The second-order valence-electron chi connectivity index (χ2n) is 7.82. The highest BCUT2D eigenvalue weighted by Gasteiger charge is 2.17. The molecule has 2 aromatic carbocycles. The van der Waals surface area contributed by atoms with Gasteiger partial charge in [0.2, 0.25) is 0 Å².